The lowest BCUT2D eigenvalue weighted by Gasteiger charge is -2.10. The number of ether oxygens (including phenoxy) is 3. The molecule has 3 nitrogen and oxygen atoms in total. The molecule has 2 aromatic rings. The van der Waals surface area contributed by atoms with Gasteiger partial charge >= 0.3 is 12.4 Å². The van der Waals surface area contributed by atoms with Gasteiger partial charge in [-0.15, -0.1) is 0 Å². The van der Waals surface area contributed by atoms with Gasteiger partial charge in [0, 0.05) is 0 Å². The van der Waals surface area contributed by atoms with Crippen molar-refractivity contribution in [3.05, 3.63) is 59.7 Å². The van der Waals surface area contributed by atoms with Crippen LogP contribution >= 0.6 is 0 Å². The molecule has 0 fully saturated rings. The molecule has 2 aromatic carbocycles. The van der Waals surface area contributed by atoms with Crippen molar-refractivity contribution >= 4 is 0 Å². The Morgan fingerprint density at radius 2 is 0.889 bits per heavy atom. The summed E-state index contributed by atoms with van der Waals surface area (Å²) in [7, 11) is 0. The monoisotopic (exact) mass is 394 g/mol. The quantitative estimate of drug-likeness (QED) is 0.570. The van der Waals surface area contributed by atoms with Gasteiger partial charge in [0.1, 0.15) is 11.5 Å². The maximum absolute atomic E-state index is 12.1. The van der Waals surface area contributed by atoms with Gasteiger partial charge in [0.25, 0.3) is 0 Å². The minimum absolute atomic E-state index is 0.102. The average molecular weight is 394 g/mol. The number of rotatable bonds is 8. The molecule has 0 amide bonds. The topological polar surface area (TPSA) is 27.7 Å². The Labute approximate surface area is 151 Å². The summed E-state index contributed by atoms with van der Waals surface area (Å²) < 4.78 is 87.1. The molecule has 0 radical (unpaired) electrons. The summed E-state index contributed by atoms with van der Waals surface area (Å²) in [5, 5.41) is 0. The minimum atomic E-state index is -4.39. The van der Waals surface area contributed by atoms with Crippen LogP contribution in [0.15, 0.2) is 48.5 Å². The van der Waals surface area contributed by atoms with E-state index in [1.54, 1.807) is 24.3 Å². The zero-order valence-corrected chi connectivity index (χ0v) is 13.9. The largest absolute Gasteiger partial charge is 0.484 e. The highest BCUT2D eigenvalue weighted by atomic mass is 19.4. The van der Waals surface area contributed by atoms with Crippen molar-refractivity contribution in [1.29, 1.82) is 0 Å². The van der Waals surface area contributed by atoms with E-state index in [2.05, 4.69) is 9.47 Å². The van der Waals surface area contributed by atoms with E-state index in [1.165, 1.54) is 24.3 Å². The van der Waals surface area contributed by atoms with Crippen molar-refractivity contribution in [2.75, 3.05) is 13.2 Å². The standard InChI is InChI=1S/C18H16F6O3/c19-17(20,21)11-26-15-5-1-13(2-6-15)9-25-10-14-3-7-16(8-4-14)27-12-18(22,23)24/h1-8H,9-12H2. The molecule has 2 rings (SSSR count). The Morgan fingerprint density at radius 1 is 0.556 bits per heavy atom. The zero-order chi connectivity index (χ0) is 19.9. The Balaban J connectivity index is 1.74. The van der Waals surface area contributed by atoms with Crippen LogP contribution in [0, 0.1) is 0 Å². The van der Waals surface area contributed by atoms with E-state index in [4.69, 9.17) is 4.74 Å². The Morgan fingerprint density at radius 3 is 1.19 bits per heavy atom. The van der Waals surface area contributed by atoms with Crippen LogP contribution in [0.25, 0.3) is 0 Å². The van der Waals surface area contributed by atoms with Crippen molar-refractivity contribution in [2.24, 2.45) is 0 Å². The summed E-state index contributed by atoms with van der Waals surface area (Å²) in [6.45, 7) is -2.28. The zero-order valence-electron chi connectivity index (χ0n) is 13.9. The van der Waals surface area contributed by atoms with Crippen LogP contribution in [0.3, 0.4) is 0 Å². The maximum Gasteiger partial charge on any atom is 0.422 e. The SMILES string of the molecule is FC(F)(F)COc1ccc(COCc2ccc(OCC(F)(F)F)cc2)cc1. The summed E-state index contributed by atoms with van der Waals surface area (Å²) in [5.41, 5.74) is 1.47. The molecular formula is C18H16F6O3. The molecule has 0 saturated heterocycles. The van der Waals surface area contributed by atoms with Gasteiger partial charge in [-0.25, -0.2) is 0 Å². The van der Waals surface area contributed by atoms with E-state index in [0.29, 0.717) is 0 Å². The molecule has 0 unspecified atom stereocenters. The minimum Gasteiger partial charge on any atom is -0.484 e. The first-order valence-corrected chi connectivity index (χ1v) is 7.75. The molecule has 0 bridgehead atoms. The molecule has 9 heteroatoms. The first-order valence-electron chi connectivity index (χ1n) is 7.75. The molecule has 0 aliphatic heterocycles. The van der Waals surface area contributed by atoms with Crippen molar-refractivity contribution in [2.45, 2.75) is 25.6 Å². The van der Waals surface area contributed by atoms with Crippen LogP contribution in [0.4, 0.5) is 26.3 Å². The van der Waals surface area contributed by atoms with Gasteiger partial charge < -0.3 is 14.2 Å². The number of benzene rings is 2. The number of halogens is 6. The molecule has 0 spiro atoms. The summed E-state index contributed by atoms with van der Waals surface area (Å²) >= 11 is 0. The van der Waals surface area contributed by atoms with E-state index in [1.807, 2.05) is 0 Å². The van der Waals surface area contributed by atoms with Crippen molar-refractivity contribution in [3.8, 4) is 11.5 Å². The fourth-order valence-corrected chi connectivity index (χ4v) is 1.98. The Kier molecular flexibility index (Phi) is 6.95. The molecule has 0 aliphatic rings. The van der Waals surface area contributed by atoms with E-state index in [0.717, 1.165) is 11.1 Å². The smallest absolute Gasteiger partial charge is 0.422 e. The van der Waals surface area contributed by atoms with Crippen LogP contribution < -0.4 is 9.47 Å². The normalized spacial score (nSPS) is 12.1. The summed E-state index contributed by atoms with van der Waals surface area (Å²) in [6.07, 6.45) is -8.79. The summed E-state index contributed by atoms with van der Waals surface area (Å²) in [6, 6.07) is 12.0. The molecule has 27 heavy (non-hydrogen) atoms. The van der Waals surface area contributed by atoms with Crippen molar-refractivity contribution in [1.82, 2.24) is 0 Å². The summed E-state index contributed by atoms with van der Waals surface area (Å²) in [4.78, 5) is 0. The van der Waals surface area contributed by atoms with Crippen LogP contribution in [0.1, 0.15) is 11.1 Å². The highest BCUT2D eigenvalue weighted by Gasteiger charge is 2.29. The second kappa shape index (κ2) is 8.98. The molecular weight excluding hydrogens is 378 g/mol. The van der Waals surface area contributed by atoms with Crippen molar-refractivity contribution < 1.29 is 40.6 Å². The fraction of sp³-hybridized carbons (Fsp3) is 0.333. The molecule has 0 aliphatic carbocycles. The molecule has 0 atom stereocenters. The van der Waals surface area contributed by atoms with Gasteiger partial charge in [0.2, 0.25) is 0 Å². The maximum atomic E-state index is 12.1. The van der Waals surface area contributed by atoms with Gasteiger partial charge in [0.15, 0.2) is 13.2 Å². The fourth-order valence-electron chi connectivity index (χ4n) is 1.98. The molecule has 0 N–H and O–H groups in total. The number of alkyl halides is 6. The van der Waals surface area contributed by atoms with E-state index in [9.17, 15) is 26.3 Å². The lowest BCUT2D eigenvalue weighted by molar-refractivity contribution is -0.154. The second-order valence-corrected chi connectivity index (χ2v) is 5.59. The van der Waals surface area contributed by atoms with Crippen LogP contribution in [-0.4, -0.2) is 25.6 Å². The number of hydrogen-bond donors (Lipinski definition) is 0. The Hall–Kier alpha value is -2.42. The highest BCUT2D eigenvalue weighted by molar-refractivity contribution is 5.28. The lowest BCUT2D eigenvalue weighted by atomic mass is 10.2. The number of hydrogen-bond acceptors (Lipinski definition) is 3. The van der Waals surface area contributed by atoms with E-state index >= 15 is 0 Å². The first-order chi connectivity index (χ1) is 12.6. The average Bonchev–Trinajstić information content (AvgIpc) is 2.59. The van der Waals surface area contributed by atoms with Crippen LogP contribution in [0.2, 0.25) is 0 Å². The van der Waals surface area contributed by atoms with Gasteiger partial charge in [0.05, 0.1) is 13.2 Å². The Bertz CT molecular complexity index is 632. The molecule has 0 aromatic heterocycles. The predicted octanol–water partition coefficient (Wildman–Crippen LogP) is 5.29. The van der Waals surface area contributed by atoms with Crippen LogP contribution in [-0.2, 0) is 18.0 Å². The first kappa shape index (κ1) is 20.9. The second-order valence-electron chi connectivity index (χ2n) is 5.59. The summed E-state index contributed by atoms with van der Waals surface area (Å²) in [5.74, 6) is 0.205. The van der Waals surface area contributed by atoms with Crippen molar-refractivity contribution in [3.63, 3.8) is 0 Å². The van der Waals surface area contributed by atoms with Gasteiger partial charge in [-0.2, -0.15) is 26.3 Å². The third kappa shape index (κ3) is 8.67. The van der Waals surface area contributed by atoms with Gasteiger partial charge in [-0.3, -0.25) is 0 Å². The third-order valence-electron chi connectivity index (χ3n) is 3.19. The van der Waals surface area contributed by atoms with Crippen LogP contribution in [0.5, 0.6) is 11.5 Å². The predicted molar refractivity (Wildman–Crippen MR) is 84.5 cm³/mol. The van der Waals surface area contributed by atoms with Gasteiger partial charge in [-0.1, -0.05) is 24.3 Å². The molecule has 0 saturated carbocycles. The molecule has 148 valence electrons. The van der Waals surface area contributed by atoms with E-state index < -0.39 is 25.6 Å². The third-order valence-corrected chi connectivity index (χ3v) is 3.19. The highest BCUT2D eigenvalue weighted by Crippen LogP contribution is 2.20. The molecule has 0 heterocycles. The van der Waals surface area contributed by atoms with Gasteiger partial charge in [-0.05, 0) is 35.4 Å². The lowest BCUT2D eigenvalue weighted by Crippen LogP contribution is -2.19. The van der Waals surface area contributed by atoms with E-state index in [-0.39, 0.29) is 24.7 Å².